The number of non-ortho nitro benzene ring substituents is 1. The molecule has 1 amide bonds. The largest absolute Gasteiger partial charge is 0.360 e. The highest BCUT2D eigenvalue weighted by Gasteiger charge is 2.21. The lowest BCUT2D eigenvalue weighted by Crippen LogP contribution is -2.37. The normalized spacial score (nSPS) is 11.0. The van der Waals surface area contributed by atoms with Gasteiger partial charge in [0.2, 0.25) is 0 Å². The maximum atomic E-state index is 12.8. The summed E-state index contributed by atoms with van der Waals surface area (Å²) >= 11 is 0. The molecule has 2 rings (SSSR count). The van der Waals surface area contributed by atoms with Gasteiger partial charge < -0.3 is 10.2 Å². The Balaban J connectivity index is 2.19. The Morgan fingerprint density at radius 2 is 1.96 bits per heavy atom. The minimum atomic E-state index is -0.508. The van der Waals surface area contributed by atoms with Crippen molar-refractivity contribution >= 4 is 17.3 Å². The van der Waals surface area contributed by atoms with E-state index >= 15 is 0 Å². The predicted octanol–water partition coefficient (Wildman–Crippen LogP) is 3.85. The van der Waals surface area contributed by atoms with Crippen molar-refractivity contribution in [2.24, 2.45) is 0 Å². The maximum absolute atomic E-state index is 12.8. The molecule has 0 spiro atoms. The van der Waals surface area contributed by atoms with E-state index in [-0.39, 0.29) is 17.3 Å². The topological polar surface area (TPSA) is 99.3 Å². The summed E-state index contributed by atoms with van der Waals surface area (Å²) in [6.07, 6.45) is 1.28. The summed E-state index contributed by atoms with van der Waals surface area (Å²) in [5.74, 6) is -0.408. The van der Waals surface area contributed by atoms with E-state index in [9.17, 15) is 20.2 Å². The Labute approximate surface area is 157 Å². The number of benzene rings is 2. The summed E-state index contributed by atoms with van der Waals surface area (Å²) in [4.78, 5) is 24.7. The lowest BCUT2D eigenvalue weighted by Gasteiger charge is -2.26. The fraction of sp³-hybridized carbons (Fsp3) is 0.200. The molecule has 1 N–H and O–H groups in total. The highest BCUT2D eigenvalue weighted by molar-refractivity contribution is 5.97. The van der Waals surface area contributed by atoms with Crippen molar-refractivity contribution in [3.05, 3.63) is 82.0 Å². The predicted molar refractivity (Wildman–Crippen MR) is 103 cm³/mol. The van der Waals surface area contributed by atoms with Gasteiger partial charge in [0.15, 0.2) is 0 Å². The third-order valence-corrected chi connectivity index (χ3v) is 3.87. The summed E-state index contributed by atoms with van der Waals surface area (Å²) in [6.45, 7) is 4.14. The van der Waals surface area contributed by atoms with Crippen molar-refractivity contribution in [1.29, 1.82) is 5.26 Å². The Hall–Kier alpha value is -3.66. The van der Waals surface area contributed by atoms with Gasteiger partial charge in [-0.3, -0.25) is 14.9 Å². The standard InChI is InChI=1S/C20H20N4O3/c1-15(2)23(14-16-7-4-3-5-8-16)20(25)17(12-21)13-22-18-9-6-10-19(11-18)24(26)27/h3-11,13,15,22H,14H2,1-2H3/b17-13-. The van der Waals surface area contributed by atoms with Crippen LogP contribution in [0.4, 0.5) is 11.4 Å². The third kappa shape index (κ3) is 5.41. The summed E-state index contributed by atoms with van der Waals surface area (Å²) in [6, 6.07) is 17.2. The minimum absolute atomic E-state index is 0.0777. The van der Waals surface area contributed by atoms with E-state index in [1.165, 1.54) is 24.4 Å². The maximum Gasteiger partial charge on any atom is 0.271 e. The van der Waals surface area contributed by atoms with Gasteiger partial charge >= 0.3 is 0 Å². The van der Waals surface area contributed by atoms with Crippen molar-refractivity contribution in [2.45, 2.75) is 26.4 Å². The second kappa shape index (κ2) is 9.15. The number of carbonyl (C=O) groups is 1. The van der Waals surface area contributed by atoms with Crippen LogP contribution in [0, 0.1) is 21.4 Å². The lowest BCUT2D eigenvalue weighted by atomic mass is 10.1. The first kappa shape index (κ1) is 19.7. The van der Waals surface area contributed by atoms with Crippen LogP contribution in [0.5, 0.6) is 0 Å². The summed E-state index contributed by atoms with van der Waals surface area (Å²) in [7, 11) is 0. The van der Waals surface area contributed by atoms with Gasteiger partial charge in [-0.1, -0.05) is 36.4 Å². The van der Waals surface area contributed by atoms with Gasteiger partial charge in [0.1, 0.15) is 11.6 Å². The van der Waals surface area contributed by atoms with Crippen LogP contribution in [0.1, 0.15) is 19.4 Å². The molecule has 7 nitrogen and oxygen atoms in total. The lowest BCUT2D eigenvalue weighted by molar-refractivity contribution is -0.384. The molecule has 0 bridgehead atoms. The molecular formula is C20H20N4O3. The summed E-state index contributed by atoms with van der Waals surface area (Å²) in [5, 5.41) is 23.0. The number of nitro groups is 1. The monoisotopic (exact) mass is 364 g/mol. The van der Waals surface area contributed by atoms with Gasteiger partial charge in [0.05, 0.1) is 4.92 Å². The quantitative estimate of drug-likeness (QED) is 0.348. The smallest absolute Gasteiger partial charge is 0.271 e. The average Bonchev–Trinajstić information content (AvgIpc) is 2.67. The van der Waals surface area contributed by atoms with Crippen LogP contribution < -0.4 is 5.32 Å². The number of nitriles is 1. The molecule has 0 fully saturated rings. The molecule has 2 aromatic rings. The highest BCUT2D eigenvalue weighted by atomic mass is 16.6. The molecule has 0 heterocycles. The second-order valence-corrected chi connectivity index (χ2v) is 6.13. The number of hydrogen-bond donors (Lipinski definition) is 1. The van der Waals surface area contributed by atoms with Gasteiger partial charge in [0, 0.05) is 36.6 Å². The summed E-state index contributed by atoms with van der Waals surface area (Å²) < 4.78 is 0. The molecule has 0 aromatic heterocycles. The first-order valence-electron chi connectivity index (χ1n) is 8.38. The molecule has 0 unspecified atom stereocenters. The van der Waals surface area contributed by atoms with Gasteiger partial charge in [-0.15, -0.1) is 0 Å². The van der Waals surface area contributed by atoms with Crippen LogP contribution in [0.2, 0.25) is 0 Å². The second-order valence-electron chi connectivity index (χ2n) is 6.13. The minimum Gasteiger partial charge on any atom is -0.360 e. The van der Waals surface area contributed by atoms with E-state index in [0.717, 1.165) is 5.56 Å². The molecule has 0 aliphatic carbocycles. The van der Waals surface area contributed by atoms with Crippen LogP contribution in [0.3, 0.4) is 0 Å². The zero-order valence-electron chi connectivity index (χ0n) is 15.1. The molecule has 0 radical (unpaired) electrons. The number of anilines is 1. The zero-order valence-corrected chi connectivity index (χ0v) is 15.1. The van der Waals surface area contributed by atoms with Crippen LogP contribution in [0.25, 0.3) is 0 Å². The molecule has 0 saturated heterocycles. The Morgan fingerprint density at radius 1 is 1.26 bits per heavy atom. The SMILES string of the molecule is CC(C)N(Cc1ccccc1)C(=O)/C(C#N)=C\Nc1cccc([N+](=O)[O-])c1. The first-order chi connectivity index (χ1) is 12.9. The van der Waals surface area contributed by atoms with Crippen molar-refractivity contribution in [2.75, 3.05) is 5.32 Å². The Morgan fingerprint density at radius 3 is 2.56 bits per heavy atom. The molecule has 138 valence electrons. The van der Waals surface area contributed by atoms with E-state index in [4.69, 9.17) is 0 Å². The number of nitro benzene ring substituents is 1. The first-order valence-corrected chi connectivity index (χ1v) is 8.38. The van der Waals surface area contributed by atoms with E-state index < -0.39 is 10.8 Å². The van der Waals surface area contributed by atoms with Gasteiger partial charge in [0.25, 0.3) is 11.6 Å². The van der Waals surface area contributed by atoms with Crippen molar-refractivity contribution in [3.8, 4) is 6.07 Å². The number of amides is 1. The van der Waals surface area contributed by atoms with Gasteiger partial charge in [-0.2, -0.15) is 5.26 Å². The van der Waals surface area contributed by atoms with Crippen molar-refractivity contribution in [3.63, 3.8) is 0 Å². The van der Waals surface area contributed by atoms with Crippen molar-refractivity contribution < 1.29 is 9.72 Å². The van der Waals surface area contributed by atoms with E-state index in [1.807, 2.05) is 50.2 Å². The fourth-order valence-electron chi connectivity index (χ4n) is 2.43. The molecule has 2 aromatic carbocycles. The number of nitrogens with one attached hydrogen (secondary N) is 1. The third-order valence-electron chi connectivity index (χ3n) is 3.87. The zero-order chi connectivity index (χ0) is 19.8. The van der Waals surface area contributed by atoms with Crippen molar-refractivity contribution in [1.82, 2.24) is 4.90 Å². The van der Waals surface area contributed by atoms with Gasteiger partial charge in [-0.05, 0) is 25.5 Å². The number of nitrogens with zero attached hydrogens (tertiary/aromatic N) is 3. The number of rotatable bonds is 7. The average molecular weight is 364 g/mol. The van der Waals surface area contributed by atoms with E-state index in [0.29, 0.717) is 12.2 Å². The molecule has 0 aliphatic heterocycles. The fourth-order valence-corrected chi connectivity index (χ4v) is 2.43. The molecular weight excluding hydrogens is 344 g/mol. The molecule has 0 aliphatic rings. The van der Waals surface area contributed by atoms with E-state index in [1.54, 1.807) is 11.0 Å². The van der Waals surface area contributed by atoms with Crippen LogP contribution in [-0.2, 0) is 11.3 Å². The number of carbonyl (C=O) groups excluding carboxylic acids is 1. The van der Waals surface area contributed by atoms with Crippen LogP contribution in [-0.4, -0.2) is 21.8 Å². The summed E-state index contributed by atoms with van der Waals surface area (Å²) in [5.41, 5.74) is 1.23. The van der Waals surface area contributed by atoms with Gasteiger partial charge in [-0.25, -0.2) is 0 Å². The van der Waals surface area contributed by atoms with Crippen LogP contribution in [0.15, 0.2) is 66.4 Å². The van der Waals surface area contributed by atoms with E-state index in [2.05, 4.69) is 5.32 Å². The molecule has 0 atom stereocenters. The molecule has 7 heteroatoms. The molecule has 0 saturated carbocycles. The van der Waals surface area contributed by atoms with Crippen LogP contribution >= 0.6 is 0 Å². The highest BCUT2D eigenvalue weighted by Crippen LogP contribution is 2.18. The Bertz CT molecular complexity index is 886. The number of hydrogen-bond acceptors (Lipinski definition) is 5. The molecule has 27 heavy (non-hydrogen) atoms. The Kier molecular flexibility index (Phi) is 6.67.